The monoisotopic (exact) mass is 336 g/mol. The molecule has 0 N–H and O–H groups in total. The highest BCUT2D eigenvalue weighted by Crippen LogP contribution is 2.24. The molecule has 4 heteroatoms. The summed E-state index contributed by atoms with van der Waals surface area (Å²) in [5.41, 5.74) is 3.55. The van der Waals surface area contributed by atoms with Crippen LogP contribution in [0.3, 0.4) is 0 Å². The third-order valence-electron chi connectivity index (χ3n) is 3.76. The number of ether oxygens (including phenoxy) is 1. The Kier molecular flexibility index (Phi) is 5.97. The van der Waals surface area contributed by atoms with Crippen LogP contribution in [-0.4, -0.2) is 19.1 Å². The molecule has 0 saturated heterocycles. The molecule has 2 aromatic rings. The maximum Gasteiger partial charge on any atom is 0.141 e. The minimum absolute atomic E-state index is 0.0382. The quantitative estimate of drug-likeness (QED) is 0.714. The first-order valence-corrected chi connectivity index (χ1v) is 7.86. The lowest BCUT2D eigenvalue weighted by molar-refractivity contribution is 0.414. The molecule has 0 bridgehead atoms. The molecule has 2 aromatic carbocycles. The van der Waals surface area contributed by atoms with Gasteiger partial charge in [0.25, 0.3) is 0 Å². The van der Waals surface area contributed by atoms with E-state index >= 15 is 0 Å². The van der Waals surface area contributed by atoms with Gasteiger partial charge in [-0.05, 0) is 42.8 Å². The van der Waals surface area contributed by atoms with Crippen molar-refractivity contribution >= 4 is 5.70 Å². The van der Waals surface area contributed by atoms with Crippen molar-refractivity contribution in [1.29, 1.82) is 5.26 Å². The number of allylic oxidation sites excluding steroid dienone is 2. The van der Waals surface area contributed by atoms with Crippen molar-refractivity contribution in [3.8, 4) is 11.8 Å². The Hall–Kier alpha value is -3.06. The zero-order valence-electron chi connectivity index (χ0n) is 14.7. The van der Waals surface area contributed by atoms with Crippen LogP contribution in [0.5, 0.6) is 5.75 Å². The number of methoxy groups -OCH3 is 1. The van der Waals surface area contributed by atoms with E-state index < -0.39 is 5.82 Å². The van der Waals surface area contributed by atoms with Gasteiger partial charge in [0, 0.05) is 24.9 Å². The van der Waals surface area contributed by atoms with E-state index in [0.717, 1.165) is 22.6 Å². The highest BCUT2D eigenvalue weighted by Gasteiger charge is 2.12. The van der Waals surface area contributed by atoms with Gasteiger partial charge in [-0.15, -0.1) is 0 Å². The summed E-state index contributed by atoms with van der Waals surface area (Å²) in [6.07, 6.45) is 1.91. The molecule has 0 heterocycles. The Morgan fingerprint density at radius 1 is 1.28 bits per heavy atom. The van der Waals surface area contributed by atoms with Gasteiger partial charge in [0.1, 0.15) is 17.6 Å². The van der Waals surface area contributed by atoms with Crippen LogP contribution in [0.1, 0.15) is 23.6 Å². The van der Waals surface area contributed by atoms with Gasteiger partial charge in [0.2, 0.25) is 0 Å². The second kappa shape index (κ2) is 8.16. The number of halogens is 1. The van der Waals surface area contributed by atoms with E-state index in [-0.39, 0.29) is 5.56 Å². The molecule has 2 rings (SSSR count). The Morgan fingerprint density at radius 3 is 2.48 bits per heavy atom. The van der Waals surface area contributed by atoms with Gasteiger partial charge in [-0.3, -0.25) is 0 Å². The highest BCUT2D eigenvalue weighted by molar-refractivity contribution is 5.67. The molecule has 0 radical (unpaired) electrons. The Morgan fingerprint density at radius 2 is 1.96 bits per heavy atom. The van der Waals surface area contributed by atoms with Crippen LogP contribution in [0.25, 0.3) is 5.70 Å². The summed E-state index contributed by atoms with van der Waals surface area (Å²) in [4.78, 5) is 2.03. The van der Waals surface area contributed by atoms with Crippen molar-refractivity contribution in [2.45, 2.75) is 13.5 Å². The molecule has 0 amide bonds. The fourth-order valence-corrected chi connectivity index (χ4v) is 2.50. The summed E-state index contributed by atoms with van der Waals surface area (Å²) in [5.74, 6) is 0.281. The van der Waals surface area contributed by atoms with E-state index in [0.29, 0.717) is 12.1 Å². The maximum absolute atomic E-state index is 14.0. The molecular weight excluding hydrogens is 315 g/mol. The largest absolute Gasteiger partial charge is 0.497 e. The molecule has 0 fully saturated rings. The summed E-state index contributed by atoms with van der Waals surface area (Å²) in [5, 5.41) is 8.90. The molecule has 0 aromatic heterocycles. The standard InChI is InChI=1S/C21H21FN2O/c1-15(2)11-21(17-7-8-18(13-23)20(22)12-17)24(3)14-16-5-9-19(25-4)10-6-16/h5-12H,1,14H2,2-4H3/b21-11-. The van der Waals surface area contributed by atoms with E-state index in [1.807, 2.05) is 55.3 Å². The minimum Gasteiger partial charge on any atom is -0.497 e. The lowest BCUT2D eigenvalue weighted by Gasteiger charge is -2.24. The molecule has 0 unspecified atom stereocenters. The predicted octanol–water partition coefficient (Wildman–Crippen LogP) is 4.75. The summed E-state index contributed by atoms with van der Waals surface area (Å²) in [6.45, 7) is 6.46. The van der Waals surface area contributed by atoms with Gasteiger partial charge < -0.3 is 9.64 Å². The molecule has 0 atom stereocenters. The molecule has 0 saturated carbocycles. The predicted molar refractivity (Wildman–Crippen MR) is 98.4 cm³/mol. The molecule has 0 spiro atoms. The Bertz CT molecular complexity index is 832. The minimum atomic E-state index is -0.523. The SMILES string of the molecule is C=C(C)/C=C(/c1ccc(C#N)c(F)c1)N(C)Cc1ccc(OC)cc1. The van der Waals surface area contributed by atoms with Crippen LogP contribution >= 0.6 is 0 Å². The Labute approximate surface area is 148 Å². The molecule has 128 valence electrons. The van der Waals surface area contributed by atoms with Gasteiger partial charge in [-0.1, -0.05) is 30.4 Å². The smallest absolute Gasteiger partial charge is 0.141 e. The van der Waals surface area contributed by atoms with Crippen LogP contribution in [0.2, 0.25) is 0 Å². The first kappa shape index (κ1) is 18.3. The first-order chi connectivity index (χ1) is 11.9. The summed E-state index contributed by atoms with van der Waals surface area (Å²) in [6, 6.07) is 14.3. The van der Waals surface area contributed by atoms with Gasteiger partial charge in [-0.25, -0.2) is 4.39 Å². The zero-order chi connectivity index (χ0) is 18.4. The third kappa shape index (κ3) is 4.71. The average Bonchev–Trinajstić information content (AvgIpc) is 2.60. The van der Waals surface area contributed by atoms with Crippen molar-refractivity contribution in [1.82, 2.24) is 4.90 Å². The van der Waals surface area contributed by atoms with Gasteiger partial charge in [0.15, 0.2) is 0 Å². The fourth-order valence-electron chi connectivity index (χ4n) is 2.50. The van der Waals surface area contributed by atoms with Crippen LogP contribution < -0.4 is 4.74 Å². The van der Waals surface area contributed by atoms with E-state index in [1.54, 1.807) is 13.2 Å². The van der Waals surface area contributed by atoms with Gasteiger partial charge in [-0.2, -0.15) is 5.26 Å². The fraction of sp³-hybridized carbons (Fsp3) is 0.190. The Balaban J connectivity index is 2.32. The number of hydrogen-bond acceptors (Lipinski definition) is 3. The molecule has 0 aliphatic heterocycles. The van der Waals surface area contributed by atoms with Crippen LogP contribution in [-0.2, 0) is 6.54 Å². The number of benzene rings is 2. The average molecular weight is 336 g/mol. The molecular formula is C21H21FN2O. The van der Waals surface area contributed by atoms with Crippen LogP contribution in [0.4, 0.5) is 4.39 Å². The van der Waals surface area contributed by atoms with Crippen molar-refractivity contribution < 1.29 is 9.13 Å². The van der Waals surface area contributed by atoms with Crippen molar-refractivity contribution in [2.75, 3.05) is 14.2 Å². The van der Waals surface area contributed by atoms with Crippen molar-refractivity contribution in [3.63, 3.8) is 0 Å². The second-order valence-electron chi connectivity index (χ2n) is 5.89. The van der Waals surface area contributed by atoms with E-state index in [1.165, 1.54) is 12.1 Å². The van der Waals surface area contributed by atoms with E-state index in [4.69, 9.17) is 10.00 Å². The van der Waals surface area contributed by atoms with E-state index in [2.05, 4.69) is 6.58 Å². The van der Waals surface area contributed by atoms with Crippen molar-refractivity contribution in [2.24, 2.45) is 0 Å². The number of nitriles is 1. The maximum atomic E-state index is 14.0. The van der Waals surface area contributed by atoms with E-state index in [9.17, 15) is 4.39 Å². The van der Waals surface area contributed by atoms with Gasteiger partial charge >= 0.3 is 0 Å². The lowest BCUT2D eigenvalue weighted by Crippen LogP contribution is -2.16. The molecule has 0 aliphatic carbocycles. The summed E-state index contributed by atoms with van der Waals surface area (Å²) in [7, 11) is 3.57. The summed E-state index contributed by atoms with van der Waals surface area (Å²) < 4.78 is 19.2. The number of rotatable bonds is 6. The number of nitrogens with zero attached hydrogens (tertiary/aromatic N) is 2. The molecule has 0 aliphatic rings. The summed E-state index contributed by atoms with van der Waals surface area (Å²) >= 11 is 0. The molecule has 3 nitrogen and oxygen atoms in total. The highest BCUT2D eigenvalue weighted by atomic mass is 19.1. The molecule has 25 heavy (non-hydrogen) atoms. The van der Waals surface area contributed by atoms with Gasteiger partial charge in [0.05, 0.1) is 12.7 Å². The second-order valence-corrected chi connectivity index (χ2v) is 5.89. The van der Waals surface area contributed by atoms with Crippen LogP contribution in [0.15, 0.2) is 60.7 Å². The topological polar surface area (TPSA) is 36.3 Å². The zero-order valence-corrected chi connectivity index (χ0v) is 14.7. The first-order valence-electron chi connectivity index (χ1n) is 7.86. The van der Waals surface area contributed by atoms with Crippen LogP contribution in [0, 0.1) is 17.1 Å². The number of hydrogen-bond donors (Lipinski definition) is 0. The lowest BCUT2D eigenvalue weighted by atomic mass is 10.1. The third-order valence-corrected chi connectivity index (χ3v) is 3.76. The van der Waals surface area contributed by atoms with Crippen molar-refractivity contribution in [3.05, 3.63) is 83.2 Å². The normalized spacial score (nSPS) is 10.9.